The molecular formula is C22H24N2S. The minimum absolute atomic E-state index is 0.178. The van der Waals surface area contributed by atoms with Crippen LogP contribution in [0.3, 0.4) is 0 Å². The molecule has 2 aliphatic rings. The third kappa shape index (κ3) is 3.93. The fourth-order valence-corrected chi connectivity index (χ4v) is 4.40. The van der Waals surface area contributed by atoms with Gasteiger partial charge in [-0.25, -0.2) is 0 Å². The summed E-state index contributed by atoms with van der Waals surface area (Å²) in [7, 11) is 0. The number of thiocarbonyl (C=S) groups is 1. The second-order valence-corrected chi connectivity index (χ2v) is 7.57. The summed E-state index contributed by atoms with van der Waals surface area (Å²) in [5.41, 5.74) is 2.58. The number of benzene rings is 2. The van der Waals surface area contributed by atoms with Gasteiger partial charge in [-0.15, -0.1) is 0 Å². The number of allylic oxidation sites excluding steroid dienone is 1. The van der Waals surface area contributed by atoms with E-state index < -0.39 is 0 Å². The van der Waals surface area contributed by atoms with Crippen molar-refractivity contribution in [1.82, 2.24) is 10.6 Å². The van der Waals surface area contributed by atoms with Gasteiger partial charge in [-0.05, 0) is 54.4 Å². The highest BCUT2D eigenvalue weighted by atomic mass is 32.1. The van der Waals surface area contributed by atoms with Crippen molar-refractivity contribution in [3.8, 4) is 0 Å². The summed E-state index contributed by atoms with van der Waals surface area (Å²) in [4.78, 5) is 0. The average molecular weight is 349 g/mol. The van der Waals surface area contributed by atoms with Crippen LogP contribution in [0.1, 0.15) is 30.0 Å². The largest absolute Gasteiger partial charge is 0.359 e. The first-order valence-corrected chi connectivity index (χ1v) is 9.53. The third-order valence-electron chi connectivity index (χ3n) is 5.39. The van der Waals surface area contributed by atoms with Crippen LogP contribution in [0.15, 0.2) is 72.8 Å². The van der Waals surface area contributed by atoms with E-state index >= 15 is 0 Å². The molecule has 0 radical (unpaired) electrons. The molecule has 2 aromatic carbocycles. The maximum Gasteiger partial charge on any atom is 0.167 e. The Morgan fingerprint density at radius 3 is 2.32 bits per heavy atom. The van der Waals surface area contributed by atoms with Crippen LogP contribution in [0.25, 0.3) is 0 Å². The predicted molar refractivity (Wildman–Crippen MR) is 107 cm³/mol. The van der Waals surface area contributed by atoms with Crippen molar-refractivity contribution in [2.45, 2.75) is 31.3 Å². The molecule has 0 unspecified atom stereocenters. The summed E-state index contributed by atoms with van der Waals surface area (Å²) in [6, 6.07) is 21.8. The minimum Gasteiger partial charge on any atom is -0.359 e. The van der Waals surface area contributed by atoms with E-state index in [2.05, 4.69) is 83.4 Å². The molecule has 0 aromatic heterocycles. The molecule has 25 heavy (non-hydrogen) atoms. The monoisotopic (exact) mass is 348 g/mol. The van der Waals surface area contributed by atoms with E-state index in [0.717, 1.165) is 17.5 Å². The first-order valence-electron chi connectivity index (χ1n) is 9.12. The molecule has 2 bridgehead atoms. The molecule has 0 aliphatic heterocycles. The van der Waals surface area contributed by atoms with Gasteiger partial charge >= 0.3 is 0 Å². The Kier molecular flexibility index (Phi) is 4.84. The molecule has 4 atom stereocenters. The fraction of sp³-hybridized carbons (Fsp3) is 0.318. The second kappa shape index (κ2) is 7.40. The van der Waals surface area contributed by atoms with Crippen LogP contribution in [0.2, 0.25) is 0 Å². The van der Waals surface area contributed by atoms with Crippen molar-refractivity contribution in [1.29, 1.82) is 0 Å². The Hall–Kier alpha value is -2.13. The Bertz CT molecular complexity index is 741. The summed E-state index contributed by atoms with van der Waals surface area (Å²) in [6.45, 7) is 0. The first kappa shape index (κ1) is 16.3. The molecule has 2 aliphatic carbocycles. The van der Waals surface area contributed by atoms with E-state index in [9.17, 15) is 0 Å². The van der Waals surface area contributed by atoms with Gasteiger partial charge in [0.1, 0.15) is 0 Å². The van der Waals surface area contributed by atoms with Gasteiger partial charge in [0, 0.05) is 6.04 Å². The van der Waals surface area contributed by atoms with Crippen LogP contribution in [0.4, 0.5) is 0 Å². The highest BCUT2D eigenvalue weighted by Crippen LogP contribution is 2.38. The van der Waals surface area contributed by atoms with Crippen molar-refractivity contribution in [2.24, 2.45) is 11.8 Å². The third-order valence-corrected chi connectivity index (χ3v) is 5.62. The van der Waals surface area contributed by atoms with Crippen molar-refractivity contribution >= 4 is 17.3 Å². The SMILES string of the molecule is S=C(N[C@@H](Cc1ccccc1)c1ccccc1)N[C@@H]1C[C@@H]2C=C[C@@H]1C2. The number of hydrogen-bond acceptors (Lipinski definition) is 1. The van der Waals surface area contributed by atoms with Crippen LogP contribution in [-0.2, 0) is 6.42 Å². The first-order chi connectivity index (χ1) is 12.3. The molecule has 0 heterocycles. The Balaban J connectivity index is 1.44. The van der Waals surface area contributed by atoms with Crippen LogP contribution < -0.4 is 10.6 Å². The van der Waals surface area contributed by atoms with Crippen LogP contribution in [0.5, 0.6) is 0 Å². The van der Waals surface area contributed by atoms with Gasteiger partial charge in [0.2, 0.25) is 0 Å². The molecule has 1 saturated carbocycles. The lowest BCUT2D eigenvalue weighted by atomic mass is 9.99. The smallest absolute Gasteiger partial charge is 0.167 e. The fourth-order valence-electron chi connectivity index (χ4n) is 4.10. The van der Waals surface area contributed by atoms with Gasteiger partial charge in [-0.2, -0.15) is 0 Å². The highest BCUT2D eigenvalue weighted by molar-refractivity contribution is 7.80. The number of fused-ring (bicyclic) bond motifs is 2. The molecule has 0 spiro atoms. The lowest BCUT2D eigenvalue weighted by Gasteiger charge is -2.26. The zero-order chi connectivity index (χ0) is 17.1. The van der Waals surface area contributed by atoms with E-state index in [1.165, 1.54) is 24.0 Å². The molecule has 2 N–H and O–H groups in total. The molecule has 0 saturated heterocycles. The van der Waals surface area contributed by atoms with Crippen LogP contribution >= 0.6 is 12.2 Å². The summed E-state index contributed by atoms with van der Waals surface area (Å²) in [6.07, 6.45) is 8.13. The molecule has 3 heteroatoms. The number of nitrogens with one attached hydrogen (secondary N) is 2. The summed E-state index contributed by atoms with van der Waals surface area (Å²) < 4.78 is 0. The molecular weight excluding hydrogens is 324 g/mol. The van der Waals surface area contributed by atoms with E-state index in [0.29, 0.717) is 12.0 Å². The van der Waals surface area contributed by atoms with Crippen LogP contribution in [-0.4, -0.2) is 11.2 Å². The molecule has 2 nitrogen and oxygen atoms in total. The molecule has 2 aromatic rings. The van der Waals surface area contributed by atoms with Gasteiger partial charge < -0.3 is 10.6 Å². The van der Waals surface area contributed by atoms with E-state index in [1.807, 2.05) is 0 Å². The van der Waals surface area contributed by atoms with Crippen LogP contribution in [0, 0.1) is 11.8 Å². The van der Waals surface area contributed by atoms with E-state index in [4.69, 9.17) is 12.2 Å². The summed E-state index contributed by atoms with van der Waals surface area (Å²) in [5, 5.41) is 7.90. The van der Waals surface area contributed by atoms with Crippen molar-refractivity contribution in [2.75, 3.05) is 0 Å². The lowest BCUT2D eigenvalue weighted by molar-refractivity contribution is 0.511. The zero-order valence-corrected chi connectivity index (χ0v) is 15.1. The molecule has 1 fully saturated rings. The number of rotatable bonds is 5. The van der Waals surface area contributed by atoms with Gasteiger partial charge in [-0.1, -0.05) is 72.8 Å². The van der Waals surface area contributed by atoms with Crippen molar-refractivity contribution in [3.05, 3.63) is 83.9 Å². The second-order valence-electron chi connectivity index (χ2n) is 7.16. The normalized spacial score (nSPS) is 24.9. The van der Waals surface area contributed by atoms with Gasteiger partial charge in [0.15, 0.2) is 5.11 Å². The standard InChI is InChI=1S/C22H24N2S/c25-22(24-21-15-17-11-12-19(21)13-17)23-20(18-9-5-2-6-10-18)14-16-7-3-1-4-8-16/h1-12,17,19-21H,13-15H2,(H2,23,24,25)/t17-,19-,20+,21-/m1/s1. The highest BCUT2D eigenvalue weighted by Gasteiger charge is 2.36. The van der Waals surface area contributed by atoms with Gasteiger partial charge in [0.05, 0.1) is 6.04 Å². The van der Waals surface area contributed by atoms with Crippen molar-refractivity contribution in [3.63, 3.8) is 0 Å². The Morgan fingerprint density at radius 1 is 0.960 bits per heavy atom. The predicted octanol–water partition coefficient (Wildman–Crippen LogP) is 4.40. The van der Waals surface area contributed by atoms with Gasteiger partial charge in [-0.3, -0.25) is 0 Å². The summed E-state index contributed by atoms with van der Waals surface area (Å²) >= 11 is 5.65. The minimum atomic E-state index is 0.178. The van der Waals surface area contributed by atoms with E-state index in [1.54, 1.807) is 0 Å². The quantitative estimate of drug-likeness (QED) is 0.619. The summed E-state index contributed by atoms with van der Waals surface area (Å²) in [5.74, 6) is 1.40. The maximum atomic E-state index is 5.65. The zero-order valence-electron chi connectivity index (χ0n) is 14.3. The lowest BCUT2D eigenvalue weighted by Crippen LogP contribution is -2.45. The average Bonchev–Trinajstić information content (AvgIpc) is 3.26. The van der Waals surface area contributed by atoms with Crippen molar-refractivity contribution < 1.29 is 0 Å². The number of hydrogen-bond donors (Lipinski definition) is 2. The topological polar surface area (TPSA) is 24.1 Å². The Labute approximate surface area is 155 Å². The molecule has 4 rings (SSSR count). The molecule has 128 valence electrons. The van der Waals surface area contributed by atoms with Gasteiger partial charge in [0.25, 0.3) is 0 Å². The Morgan fingerprint density at radius 2 is 1.68 bits per heavy atom. The van der Waals surface area contributed by atoms with E-state index in [-0.39, 0.29) is 6.04 Å². The molecule has 0 amide bonds. The maximum absolute atomic E-state index is 5.65.